The van der Waals surface area contributed by atoms with Crippen LogP contribution in [0.3, 0.4) is 0 Å². The van der Waals surface area contributed by atoms with Gasteiger partial charge in [0.25, 0.3) is 0 Å². The number of fused-ring (bicyclic) bond motifs is 10. The van der Waals surface area contributed by atoms with E-state index in [9.17, 15) is 0 Å². The Kier molecular flexibility index (Phi) is 7.07. The Balaban J connectivity index is 1.25. The van der Waals surface area contributed by atoms with Crippen LogP contribution in [0.1, 0.15) is 0 Å². The van der Waals surface area contributed by atoms with Gasteiger partial charge in [0.1, 0.15) is 0 Å². The second kappa shape index (κ2) is 12.5. The van der Waals surface area contributed by atoms with Crippen molar-refractivity contribution in [2.45, 2.75) is 0 Å². The van der Waals surface area contributed by atoms with Crippen LogP contribution in [0.4, 0.5) is 0 Å². The van der Waals surface area contributed by atoms with Gasteiger partial charge in [-0.1, -0.05) is 0 Å². The first kappa shape index (κ1) is 32.2. The van der Waals surface area contributed by atoms with Gasteiger partial charge in [-0.05, 0) is 0 Å². The maximum atomic E-state index is 6.51. The van der Waals surface area contributed by atoms with Crippen LogP contribution < -0.4 is 17.7 Å². The van der Waals surface area contributed by atoms with Gasteiger partial charge in [0, 0.05) is 0 Å². The number of furan rings is 1. The van der Waals surface area contributed by atoms with Crippen molar-refractivity contribution in [3.63, 3.8) is 0 Å². The van der Waals surface area contributed by atoms with Gasteiger partial charge in [0.2, 0.25) is 0 Å². The Labute approximate surface area is 331 Å². The molecule has 4 nitrogen and oxygen atoms in total. The predicted molar refractivity (Wildman–Crippen MR) is 237 cm³/mol. The SMILES string of the molecule is c1ccc(-c2nc(-c3ccccc3-n3c4ccccc4c4ccc5oc6ccccc6c5c43)c3[c](n2)[Ge]([c]2ccccc2)([c]2ccccc2)[c]2ccccc2-3)cc1. The topological polar surface area (TPSA) is 43.9 Å². The van der Waals surface area contributed by atoms with Crippen molar-refractivity contribution in [1.29, 1.82) is 0 Å². The predicted octanol–water partition coefficient (Wildman–Crippen LogP) is 10.2. The Morgan fingerprint density at radius 2 is 1.07 bits per heavy atom. The van der Waals surface area contributed by atoms with Gasteiger partial charge >= 0.3 is 333 Å². The number of benzene rings is 8. The fourth-order valence-electron chi connectivity index (χ4n) is 9.57. The average Bonchev–Trinajstić information content (AvgIpc) is 3.93. The van der Waals surface area contributed by atoms with Gasteiger partial charge in [-0.25, -0.2) is 0 Å². The first-order valence-electron chi connectivity index (χ1n) is 19.4. The van der Waals surface area contributed by atoms with Crippen LogP contribution in [-0.4, -0.2) is 27.8 Å². The molecule has 0 bridgehead atoms. The Morgan fingerprint density at radius 1 is 0.456 bits per heavy atom. The summed E-state index contributed by atoms with van der Waals surface area (Å²) in [6.45, 7) is 0. The van der Waals surface area contributed by atoms with Crippen LogP contribution in [0.25, 0.3) is 83.2 Å². The molecule has 4 heterocycles. The van der Waals surface area contributed by atoms with Crippen molar-refractivity contribution in [2.24, 2.45) is 0 Å². The molecule has 57 heavy (non-hydrogen) atoms. The van der Waals surface area contributed by atoms with Gasteiger partial charge < -0.3 is 0 Å². The fourth-order valence-corrected chi connectivity index (χ4v) is 20.1. The van der Waals surface area contributed by atoms with Crippen molar-refractivity contribution in [3.8, 4) is 39.5 Å². The Morgan fingerprint density at radius 3 is 1.84 bits per heavy atom. The molecule has 12 rings (SSSR count). The molecule has 0 amide bonds. The first-order valence-corrected chi connectivity index (χ1v) is 23.6. The third kappa shape index (κ3) is 4.56. The Bertz CT molecular complexity index is 3310. The zero-order valence-electron chi connectivity index (χ0n) is 30.8. The monoisotopic (exact) mass is 789 g/mol. The van der Waals surface area contributed by atoms with E-state index < -0.39 is 13.3 Å². The maximum absolute atomic E-state index is 6.51. The van der Waals surface area contributed by atoms with E-state index in [1.54, 1.807) is 0 Å². The summed E-state index contributed by atoms with van der Waals surface area (Å²) >= 11 is -3.74. The summed E-state index contributed by atoms with van der Waals surface area (Å²) < 4.78 is 14.2. The van der Waals surface area contributed by atoms with E-state index in [1.807, 2.05) is 6.07 Å². The van der Waals surface area contributed by atoms with Crippen LogP contribution in [0.15, 0.2) is 205 Å². The molecule has 0 atom stereocenters. The van der Waals surface area contributed by atoms with Crippen LogP contribution in [-0.2, 0) is 0 Å². The summed E-state index contributed by atoms with van der Waals surface area (Å²) in [6.07, 6.45) is 0. The normalized spacial score (nSPS) is 13.1. The van der Waals surface area contributed by atoms with Gasteiger partial charge in [-0.3, -0.25) is 0 Å². The summed E-state index contributed by atoms with van der Waals surface area (Å²) in [5, 5.41) is 4.59. The third-order valence-corrected chi connectivity index (χ3v) is 21.8. The zero-order valence-corrected chi connectivity index (χ0v) is 32.9. The zero-order chi connectivity index (χ0) is 37.5. The summed E-state index contributed by atoms with van der Waals surface area (Å²) in [7, 11) is 0. The number of para-hydroxylation sites is 3. The fraction of sp³-hybridized carbons (Fsp3) is 0. The van der Waals surface area contributed by atoms with Crippen LogP contribution in [0.2, 0.25) is 0 Å². The van der Waals surface area contributed by atoms with E-state index in [0.29, 0.717) is 0 Å². The van der Waals surface area contributed by atoms with Crippen LogP contribution in [0.5, 0.6) is 0 Å². The molecular weight excluding hydrogens is 755 g/mol. The molecule has 1 aliphatic heterocycles. The van der Waals surface area contributed by atoms with Gasteiger partial charge in [-0.15, -0.1) is 0 Å². The van der Waals surface area contributed by atoms with E-state index in [-0.39, 0.29) is 0 Å². The van der Waals surface area contributed by atoms with Crippen molar-refractivity contribution in [2.75, 3.05) is 0 Å². The van der Waals surface area contributed by atoms with Gasteiger partial charge in [0.05, 0.1) is 0 Å². The quantitative estimate of drug-likeness (QED) is 0.163. The van der Waals surface area contributed by atoms with Crippen molar-refractivity contribution in [1.82, 2.24) is 14.5 Å². The van der Waals surface area contributed by atoms with Gasteiger partial charge in [0.15, 0.2) is 0 Å². The number of hydrogen-bond donors (Lipinski definition) is 0. The second-order valence-corrected chi connectivity index (χ2v) is 22.5. The molecule has 0 spiro atoms. The molecular formula is C52H33GeN3O. The minimum atomic E-state index is -3.74. The number of rotatable bonds is 5. The number of aromatic nitrogens is 3. The standard InChI is InChI=1S/C52H33GeN3O/c1-4-18-34(19-5-1)52-54-49(48-39-25-10-14-28-42(39)53(51(48)55-52,35-20-6-2-7-21-35)36-22-8-3-9-23-36)40-26-12-16-30-44(40)56-43-29-15-11-24-37(43)38-32-33-46-47(50(38)56)41-27-13-17-31-45(41)57-46/h1-33H. The second-order valence-electron chi connectivity index (χ2n) is 14.8. The summed E-state index contributed by atoms with van der Waals surface area (Å²) in [4.78, 5) is 11.4. The summed E-state index contributed by atoms with van der Waals surface area (Å²) in [5.74, 6) is 0.735. The molecule has 0 N–H and O–H groups in total. The molecule has 266 valence electrons. The van der Waals surface area contributed by atoms with Crippen molar-refractivity contribution >= 4 is 74.7 Å². The molecule has 0 unspecified atom stereocenters. The third-order valence-electron chi connectivity index (χ3n) is 11.9. The molecule has 0 fully saturated rings. The molecule has 5 heteroatoms. The molecule has 0 radical (unpaired) electrons. The van der Waals surface area contributed by atoms with E-state index in [1.165, 1.54) is 29.5 Å². The van der Waals surface area contributed by atoms with Crippen molar-refractivity contribution in [3.05, 3.63) is 200 Å². The molecule has 0 saturated heterocycles. The van der Waals surface area contributed by atoms with Crippen LogP contribution in [0, 0.1) is 0 Å². The van der Waals surface area contributed by atoms with Gasteiger partial charge in [-0.2, -0.15) is 0 Å². The summed E-state index contributed by atoms with van der Waals surface area (Å²) in [5.41, 5.74) is 10.4. The van der Waals surface area contributed by atoms with E-state index >= 15 is 0 Å². The van der Waals surface area contributed by atoms with E-state index in [2.05, 4.69) is 199 Å². The molecule has 8 aromatic carbocycles. The first-order chi connectivity index (χ1) is 28.3. The Hall–Kier alpha value is -7.02. The number of hydrogen-bond acceptors (Lipinski definition) is 3. The minimum absolute atomic E-state index is 0.735. The van der Waals surface area contributed by atoms with E-state index in [4.69, 9.17) is 14.4 Å². The van der Waals surface area contributed by atoms with E-state index in [0.717, 1.165) is 71.4 Å². The molecule has 3 aromatic heterocycles. The average molecular weight is 788 g/mol. The number of nitrogens with zero attached hydrogens (tertiary/aromatic N) is 3. The molecule has 11 aromatic rings. The van der Waals surface area contributed by atoms with Crippen molar-refractivity contribution < 1.29 is 4.42 Å². The molecule has 1 aliphatic rings. The van der Waals surface area contributed by atoms with Crippen LogP contribution >= 0.6 is 0 Å². The molecule has 0 aliphatic carbocycles. The molecule has 0 saturated carbocycles. The summed E-state index contributed by atoms with van der Waals surface area (Å²) in [6, 6.07) is 72.1.